The summed E-state index contributed by atoms with van der Waals surface area (Å²) in [4.78, 5) is 27.0. The average Bonchev–Trinajstić information content (AvgIpc) is 2.97. The van der Waals surface area contributed by atoms with E-state index in [1.54, 1.807) is 30.9 Å². The normalized spacial score (nSPS) is 10.1. The van der Waals surface area contributed by atoms with Crippen LogP contribution < -0.4 is 10.6 Å². The van der Waals surface area contributed by atoms with E-state index < -0.39 is 0 Å². The lowest BCUT2D eigenvalue weighted by Gasteiger charge is -2.02. The minimum atomic E-state index is -0.384. The number of carbonyl (C=O) groups excluding carboxylic acids is 2. The van der Waals surface area contributed by atoms with Gasteiger partial charge >= 0.3 is 0 Å². The molecule has 0 radical (unpaired) electrons. The molecule has 2 heterocycles. The minimum Gasteiger partial charge on any atom is -0.342 e. The molecule has 7 nitrogen and oxygen atoms in total. The molecule has 0 aromatic carbocycles. The van der Waals surface area contributed by atoms with Gasteiger partial charge in [0.15, 0.2) is 5.13 Å². The molecule has 0 saturated heterocycles. The molecule has 0 spiro atoms. The fourth-order valence-electron chi connectivity index (χ4n) is 1.24. The Labute approximate surface area is 107 Å². The van der Waals surface area contributed by atoms with Crippen molar-refractivity contribution < 1.29 is 9.59 Å². The van der Waals surface area contributed by atoms with Crippen molar-refractivity contribution in [2.24, 2.45) is 7.05 Å². The fourth-order valence-corrected chi connectivity index (χ4v) is 1.78. The fraction of sp³-hybridized carbons (Fsp3) is 0.200. The Balaban J connectivity index is 1.81. The summed E-state index contributed by atoms with van der Waals surface area (Å²) in [6.45, 7) is -0.116. The lowest BCUT2D eigenvalue weighted by Crippen LogP contribution is -2.33. The summed E-state index contributed by atoms with van der Waals surface area (Å²) >= 11 is 1.31. The molecule has 0 fully saturated rings. The van der Waals surface area contributed by atoms with Gasteiger partial charge in [-0.1, -0.05) is 0 Å². The molecule has 2 aromatic rings. The lowest BCUT2D eigenvalue weighted by molar-refractivity contribution is -0.115. The number of carbonyl (C=O) groups is 2. The van der Waals surface area contributed by atoms with Crippen LogP contribution in [0.25, 0.3) is 0 Å². The van der Waals surface area contributed by atoms with Crippen molar-refractivity contribution in [1.29, 1.82) is 0 Å². The van der Waals surface area contributed by atoms with Crippen LogP contribution in [0.15, 0.2) is 23.8 Å². The molecule has 2 amide bonds. The quantitative estimate of drug-likeness (QED) is 0.829. The van der Waals surface area contributed by atoms with E-state index in [4.69, 9.17) is 0 Å². The summed E-state index contributed by atoms with van der Waals surface area (Å²) in [5, 5.41) is 11.2. The van der Waals surface area contributed by atoms with Gasteiger partial charge in [-0.2, -0.15) is 5.10 Å². The van der Waals surface area contributed by atoms with Crippen LogP contribution in [0.3, 0.4) is 0 Å². The molecule has 8 heteroatoms. The zero-order valence-corrected chi connectivity index (χ0v) is 10.4. The number of amides is 2. The predicted octanol–water partition coefficient (Wildman–Crippen LogP) is 0.245. The van der Waals surface area contributed by atoms with Crippen molar-refractivity contribution >= 4 is 28.3 Å². The van der Waals surface area contributed by atoms with E-state index in [9.17, 15) is 9.59 Å². The maximum absolute atomic E-state index is 11.6. The lowest BCUT2D eigenvalue weighted by atomic mass is 10.4. The van der Waals surface area contributed by atoms with Crippen LogP contribution in [0.4, 0.5) is 5.13 Å². The first-order valence-corrected chi connectivity index (χ1v) is 6.00. The highest BCUT2D eigenvalue weighted by Gasteiger charge is 2.10. The Morgan fingerprint density at radius 3 is 2.94 bits per heavy atom. The van der Waals surface area contributed by atoms with E-state index in [1.165, 1.54) is 16.0 Å². The largest absolute Gasteiger partial charge is 0.342 e. The van der Waals surface area contributed by atoms with E-state index in [0.29, 0.717) is 5.13 Å². The summed E-state index contributed by atoms with van der Waals surface area (Å²) in [6, 6.07) is 1.58. The van der Waals surface area contributed by atoms with Crippen molar-refractivity contribution in [2.45, 2.75) is 0 Å². The predicted molar refractivity (Wildman–Crippen MR) is 66.3 cm³/mol. The Morgan fingerprint density at radius 1 is 1.50 bits per heavy atom. The number of rotatable bonds is 4. The van der Waals surface area contributed by atoms with E-state index in [2.05, 4.69) is 20.7 Å². The summed E-state index contributed by atoms with van der Waals surface area (Å²) in [6.07, 6.45) is 3.25. The Morgan fingerprint density at radius 2 is 2.33 bits per heavy atom. The third-order valence-corrected chi connectivity index (χ3v) is 2.72. The highest BCUT2D eigenvalue weighted by atomic mass is 32.1. The first-order valence-electron chi connectivity index (χ1n) is 5.12. The van der Waals surface area contributed by atoms with Gasteiger partial charge < -0.3 is 10.6 Å². The molecule has 0 bridgehead atoms. The summed E-state index contributed by atoms with van der Waals surface area (Å²) in [5.74, 6) is -0.709. The molecule has 0 unspecified atom stereocenters. The van der Waals surface area contributed by atoms with Crippen LogP contribution in [0.2, 0.25) is 0 Å². The van der Waals surface area contributed by atoms with E-state index >= 15 is 0 Å². The zero-order valence-electron chi connectivity index (χ0n) is 9.58. The van der Waals surface area contributed by atoms with Gasteiger partial charge in [-0.3, -0.25) is 14.3 Å². The van der Waals surface area contributed by atoms with Crippen molar-refractivity contribution in [1.82, 2.24) is 20.1 Å². The number of aryl methyl sites for hydroxylation is 1. The highest BCUT2D eigenvalue weighted by molar-refractivity contribution is 7.13. The van der Waals surface area contributed by atoms with Gasteiger partial charge in [0.05, 0.1) is 6.54 Å². The van der Waals surface area contributed by atoms with Gasteiger partial charge in [0, 0.05) is 24.8 Å². The molecule has 2 N–H and O–H groups in total. The van der Waals surface area contributed by atoms with Crippen LogP contribution in [-0.4, -0.2) is 33.1 Å². The third-order valence-electron chi connectivity index (χ3n) is 2.03. The van der Waals surface area contributed by atoms with Crippen LogP contribution in [-0.2, 0) is 11.8 Å². The Kier molecular flexibility index (Phi) is 3.68. The third kappa shape index (κ3) is 3.14. The van der Waals surface area contributed by atoms with Crippen molar-refractivity contribution in [3.8, 4) is 0 Å². The van der Waals surface area contributed by atoms with E-state index in [1.807, 2.05) is 0 Å². The Hall–Kier alpha value is -2.22. The molecule has 0 saturated carbocycles. The summed E-state index contributed by atoms with van der Waals surface area (Å²) < 4.78 is 1.52. The first-order chi connectivity index (χ1) is 8.65. The first kappa shape index (κ1) is 12.2. The molecule has 0 aliphatic rings. The molecular formula is C10H11N5O2S. The molecule has 0 aliphatic carbocycles. The smallest absolute Gasteiger partial charge is 0.272 e. The number of aromatic nitrogens is 3. The molecule has 0 aliphatic heterocycles. The molecule has 2 aromatic heterocycles. The Bertz CT molecular complexity index is 548. The standard InChI is InChI=1S/C10H11N5O2S/c1-15-4-2-7(14-15)9(17)12-6-8(16)13-10-11-3-5-18-10/h2-5H,6H2,1H3,(H,12,17)(H,11,13,16). The summed E-state index contributed by atoms with van der Waals surface area (Å²) in [7, 11) is 1.71. The minimum absolute atomic E-state index is 0.116. The van der Waals surface area contributed by atoms with E-state index in [0.717, 1.165) is 0 Å². The van der Waals surface area contributed by atoms with Gasteiger partial charge in [0.1, 0.15) is 5.69 Å². The summed E-state index contributed by atoms with van der Waals surface area (Å²) in [5.41, 5.74) is 0.277. The van der Waals surface area contributed by atoms with Gasteiger partial charge in [-0.15, -0.1) is 11.3 Å². The van der Waals surface area contributed by atoms with Crippen LogP contribution in [0.5, 0.6) is 0 Å². The van der Waals surface area contributed by atoms with Crippen LogP contribution >= 0.6 is 11.3 Å². The second-order valence-electron chi connectivity index (χ2n) is 3.44. The van der Waals surface area contributed by atoms with Gasteiger partial charge in [0.25, 0.3) is 5.91 Å². The molecule has 2 rings (SSSR count). The van der Waals surface area contributed by atoms with Gasteiger partial charge in [-0.05, 0) is 6.07 Å². The van der Waals surface area contributed by atoms with Crippen molar-refractivity contribution in [3.63, 3.8) is 0 Å². The number of nitrogens with one attached hydrogen (secondary N) is 2. The maximum atomic E-state index is 11.6. The number of hydrogen-bond donors (Lipinski definition) is 2. The second kappa shape index (κ2) is 5.41. The monoisotopic (exact) mass is 265 g/mol. The number of anilines is 1. The number of thiazole rings is 1. The van der Waals surface area contributed by atoms with E-state index in [-0.39, 0.29) is 24.1 Å². The number of hydrogen-bond acceptors (Lipinski definition) is 5. The van der Waals surface area contributed by atoms with Crippen LogP contribution in [0, 0.1) is 0 Å². The zero-order chi connectivity index (χ0) is 13.0. The SMILES string of the molecule is Cn1ccc(C(=O)NCC(=O)Nc2nccs2)n1. The van der Waals surface area contributed by atoms with Crippen molar-refractivity contribution in [2.75, 3.05) is 11.9 Å². The number of nitrogens with zero attached hydrogens (tertiary/aromatic N) is 3. The van der Waals surface area contributed by atoms with Crippen LogP contribution in [0.1, 0.15) is 10.5 Å². The average molecular weight is 265 g/mol. The molecule has 18 heavy (non-hydrogen) atoms. The highest BCUT2D eigenvalue weighted by Crippen LogP contribution is 2.09. The molecular weight excluding hydrogens is 254 g/mol. The second-order valence-corrected chi connectivity index (χ2v) is 4.34. The topological polar surface area (TPSA) is 88.9 Å². The van der Waals surface area contributed by atoms with Crippen molar-refractivity contribution in [3.05, 3.63) is 29.5 Å². The molecule has 94 valence electrons. The van der Waals surface area contributed by atoms with Gasteiger partial charge in [0.2, 0.25) is 5.91 Å². The maximum Gasteiger partial charge on any atom is 0.272 e. The van der Waals surface area contributed by atoms with Gasteiger partial charge in [-0.25, -0.2) is 4.98 Å². The molecule has 0 atom stereocenters.